The topological polar surface area (TPSA) is 73.2 Å². The van der Waals surface area contributed by atoms with Gasteiger partial charge in [-0.25, -0.2) is 4.39 Å². The summed E-state index contributed by atoms with van der Waals surface area (Å²) < 4.78 is 21.8. The molecular weight excluding hydrogens is 393 g/mol. The molecule has 1 amide bonds. The average Bonchev–Trinajstić information content (AvgIpc) is 3.38. The second kappa shape index (κ2) is 7.79. The van der Waals surface area contributed by atoms with Crippen LogP contribution in [-0.4, -0.2) is 34.1 Å². The van der Waals surface area contributed by atoms with Crippen LogP contribution in [0, 0.1) is 12.7 Å². The molecule has 1 aliphatic rings. The van der Waals surface area contributed by atoms with Crippen LogP contribution >= 0.6 is 11.3 Å². The molecule has 4 rings (SSSR count). The number of amides is 1. The fourth-order valence-electron chi connectivity index (χ4n) is 3.35. The van der Waals surface area contributed by atoms with Gasteiger partial charge in [-0.15, -0.1) is 11.3 Å². The molecule has 1 aromatic carbocycles. The largest absolute Gasteiger partial charge is 0.487 e. The standard InChI is InChI=1S/C21H20FN3O3S/c1-12-5-6-25(24-12)11-20(27)23-10-16-8-14-7-15(22)9-17(21(14)28-16)19-4-3-18(29-19)13(2)26/h3-7,9,16H,8,10-11H2,1-2H3,(H,23,27)/t16-/m1/s1. The summed E-state index contributed by atoms with van der Waals surface area (Å²) in [5.41, 5.74) is 2.25. The molecule has 0 radical (unpaired) electrons. The fourth-order valence-corrected chi connectivity index (χ4v) is 4.26. The summed E-state index contributed by atoms with van der Waals surface area (Å²) in [5.74, 6) is 0.0794. The Labute approximate surface area is 171 Å². The number of nitrogens with one attached hydrogen (secondary N) is 1. The Hall–Kier alpha value is -3.00. The number of Topliss-reactive ketones (excluding diaryl/α,β-unsaturated/α-hetero) is 1. The van der Waals surface area contributed by atoms with E-state index in [0.717, 1.165) is 16.1 Å². The Morgan fingerprint density at radius 1 is 1.34 bits per heavy atom. The highest BCUT2D eigenvalue weighted by Crippen LogP contribution is 2.42. The van der Waals surface area contributed by atoms with E-state index in [0.29, 0.717) is 29.2 Å². The van der Waals surface area contributed by atoms with Crippen molar-refractivity contribution in [2.24, 2.45) is 0 Å². The number of thiophene rings is 1. The van der Waals surface area contributed by atoms with E-state index in [2.05, 4.69) is 10.4 Å². The Kier molecular flexibility index (Phi) is 5.19. The normalized spacial score (nSPS) is 15.1. The Bertz CT molecular complexity index is 1090. The van der Waals surface area contributed by atoms with Crippen LogP contribution in [0.2, 0.25) is 0 Å². The number of ether oxygens (including phenoxy) is 1. The number of fused-ring (bicyclic) bond motifs is 1. The number of ketones is 1. The van der Waals surface area contributed by atoms with Crippen LogP contribution in [0.3, 0.4) is 0 Å². The van der Waals surface area contributed by atoms with Crippen molar-refractivity contribution in [2.45, 2.75) is 32.9 Å². The molecule has 3 aromatic rings. The molecule has 150 valence electrons. The van der Waals surface area contributed by atoms with Gasteiger partial charge in [0.1, 0.15) is 24.2 Å². The van der Waals surface area contributed by atoms with E-state index in [1.54, 1.807) is 23.0 Å². The van der Waals surface area contributed by atoms with Crippen LogP contribution < -0.4 is 10.1 Å². The quantitative estimate of drug-likeness (QED) is 0.629. The minimum absolute atomic E-state index is 0.0248. The molecule has 1 atom stereocenters. The summed E-state index contributed by atoms with van der Waals surface area (Å²) in [4.78, 5) is 25.1. The van der Waals surface area contributed by atoms with Gasteiger partial charge in [-0.2, -0.15) is 5.10 Å². The lowest BCUT2D eigenvalue weighted by Gasteiger charge is -2.13. The molecule has 1 N–H and O–H groups in total. The summed E-state index contributed by atoms with van der Waals surface area (Å²) in [5, 5.41) is 7.04. The predicted molar refractivity (Wildman–Crippen MR) is 108 cm³/mol. The van der Waals surface area contributed by atoms with Gasteiger partial charge in [0, 0.05) is 28.6 Å². The number of carbonyl (C=O) groups excluding carboxylic acids is 2. The van der Waals surface area contributed by atoms with Crippen molar-refractivity contribution >= 4 is 23.0 Å². The molecule has 0 saturated carbocycles. The SMILES string of the molecule is CC(=O)c1ccc(-c2cc(F)cc3c2O[C@@H](CNC(=O)Cn2ccc(C)n2)C3)s1. The van der Waals surface area contributed by atoms with Crippen molar-refractivity contribution in [1.29, 1.82) is 0 Å². The third-order valence-corrected chi connectivity index (χ3v) is 5.91. The summed E-state index contributed by atoms with van der Waals surface area (Å²) in [6.45, 7) is 3.82. The van der Waals surface area contributed by atoms with Crippen LogP contribution in [-0.2, 0) is 17.8 Å². The van der Waals surface area contributed by atoms with Crippen LogP contribution in [0.5, 0.6) is 5.75 Å². The van der Waals surface area contributed by atoms with Crippen molar-refractivity contribution in [1.82, 2.24) is 15.1 Å². The number of carbonyl (C=O) groups is 2. The lowest BCUT2D eigenvalue weighted by molar-refractivity contribution is -0.122. The first-order valence-corrected chi connectivity index (χ1v) is 10.1. The first kappa shape index (κ1) is 19.3. The lowest BCUT2D eigenvalue weighted by Crippen LogP contribution is -2.36. The fraction of sp³-hybridized carbons (Fsp3) is 0.286. The Morgan fingerprint density at radius 2 is 2.17 bits per heavy atom. The van der Waals surface area contributed by atoms with E-state index in [9.17, 15) is 14.0 Å². The molecular formula is C21H20FN3O3S. The lowest BCUT2D eigenvalue weighted by atomic mass is 10.0. The smallest absolute Gasteiger partial charge is 0.241 e. The van der Waals surface area contributed by atoms with Crippen LogP contribution in [0.1, 0.15) is 27.9 Å². The van der Waals surface area contributed by atoms with Crippen LogP contribution in [0.25, 0.3) is 10.4 Å². The minimum Gasteiger partial charge on any atom is -0.487 e. The van der Waals surface area contributed by atoms with Crippen molar-refractivity contribution in [3.05, 3.63) is 58.5 Å². The maximum atomic E-state index is 14.2. The van der Waals surface area contributed by atoms with Gasteiger partial charge >= 0.3 is 0 Å². The van der Waals surface area contributed by atoms with Gasteiger partial charge in [0.25, 0.3) is 0 Å². The van der Waals surface area contributed by atoms with E-state index >= 15 is 0 Å². The number of aromatic nitrogens is 2. The molecule has 2 aromatic heterocycles. The van der Waals surface area contributed by atoms with Gasteiger partial charge < -0.3 is 10.1 Å². The summed E-state index contributed by atoms with van der Waals surface area (Å²) in [7, 11) is 0. The van der Waals surface area contributed by atoms with Crippen LogP contribution in [0.4, 0.5) is 4.39 Å². The highest BCUT2D eigenvalue weighted by Gasteiger charge is 2.28. The highest BCUT2D eigenvalue weighted by molar-refractivity contribution is 7.17. The summed E-state index contributed by atoms with van der Waals surface area (Å²) in [6.07, 6.45) is 1.98. The second-order valence-corrected chi connectivity index (χ2v) is 8.15. The molecule has 0 unspecified atom stereocenters. The number of hydrogen-bond donors (Lipinski definition) is 1. The molecule has 0 saturated heterocycles. The van der Waals surface area contributed by atoms with Gasteiger partial charge in [-0.1, -0.05) is 0 Å². The molecule has 0 fully saturated rings. The highest BCUT2D eigenvalue weighted by atomic mass is 32.1. The molecule has 1 aliphatic heterocycles. The molecule has 3 heterocycles. The number of aryl methyl sites for hydroxylation is 1. The molecule has 0 aliphatic carbocycles. The van der Waals surface area contributed by atoms with Crippen LogP contribution in [0.15, 0.2) is 36.5 Å². The monoisotopic (exact) mass is 413 g/mol. The first-order chi connectivity index (χ1) is 13.9. The zero-order chi connectivity index (χ0) is 20.5. The Balaban J connectivity index is 1.44. The Morgan fingerprint density at radius 3 is 2.86 bits per heavy atom. The van der Waals surface area contributed by atoms with E-state index in [-0.39, 0.29) is 30.2 Å². The molecule has 6 nitrogen and oxygen atoms in total. The van der Waals surface area contributed by atoms with Gasteiger partial charge in [-0.3, -0.25) is 14.3 Å². The van der Waals surface area contributed by atoms with Gasteiger partial charge in [0.05, 0.1) is 17.1 Å². The summed E-state index contributed by atoms with van der Waals surface area (Å²) in [6, 6.07) is 8.27. The second-order valence-electron chi connectivity index (χ2n) is 7.06. The van der Waals surface area contributed by atoms with E-state index in [1.807, 2.05) is 13.0 Å². The zero-order valence-corrected chi connectivity index (χ0v) is 16.9. The maximum Gasteiger partial charge on any atom is 0.241 e. The predicted octanol–water partition coefficient (Wildman–Crippen LogP) is 3.38. The van der Waals surface area contributed by atoms with E-state index in [4.69, 9.17) is 4.74 Å². The molecule has 0 bridgehead atoms. The number of halogens is 1. The number of rotatable bonds is 6. The third-order valence-electron chi connectivity index (χ3n) is 4.69. The maximum absolute atomic E-state index is 14.2. The average molecular weight is 413 g/mol. The van der Waals surface area contributed by atoms with Crippen molar-refractivity contribution in [3.63, 3.8) is 0 Å². The third kappa shape index (κ3) is 4.22. The van der Waals surface area contributed by atoms with Crippen molar-refractivity contribution in [3.8, 4) is 16.2 Å². The van der Waals surface area contributed by atoms with Crippen molar-refractivity contribution < 1.29 is 18.7 Å². The van der Waals surface area contributed by atoms with Gasteiger partial charge in [-0.05, 0) is 44.2 Å². The first-order valence-electron chi connectivity index (χ1n) is 9.26. The van der Waals surface area contributed by atoms with E-state index < -0.39 is 0 Å². The number of benzene rings is 1. The van der Waals surface area contributed by atoms with Gasteiger partial charge in [0.15, 0.2) is 5.78 Å². The molecule has 0 spiro atoms. The molecule has 8 heteroatoms. The molecule has 29 heavy (non-hydrogen) atoms. The summed E-state index contributed by atoms with van der Waals surface area (Å²) >= 11 is 1.32. The van der Waals surface area contributed by atoms with Gasteiger partial charge in [0.2, 0.25) is 5.91 Å². The van der Waals surface area contributed by atoms with E-state index in [1.165, 1.54) is 30.4 Å². The van der Waals surface area contributed by atoms with Crippen molar-refractivity contribution in [2.75, 3.05) is 6.54 Å². The number of hydrogen-bond acceptors (Lipinski definition) is 5. The minimum atomic E-state index is -0.348. The zero-order valence-electron chi connectivity index (χ0n) is 16.1. The number of nitrogens with zero attached hydrogens (tertiary/aromatic N) is 2.